The molecule has 0 fully saturated rings. The first kappa shape index (κ1) is 32.0. The summed E-state index contributed by atoms with van der Waals surface area (Å²) < 4.78 is 99.7. The average Bonchev–Trinajstić information content (AvgIpc) is 2.97. The van der Waals surface area contributed by atoms with Crippen molar-refractivity contribution in [1.29, 1.82) is 5.26 Å². The third kappa shape index (κ3) is 5.80. The van der Waals surface area contributed by atoms with Crippen LogP contribution >= 0.6 is 15.9 Å². The molecule has 1 aliphatic heterocycles. The minimum absolute atomic E-state index is 0.0328. The van der Waals surface area contributed by atoms with E-state index in [1.54, 1.807) is 18.2 Å². The van der Waals surface area contributed by atoms with Crippen molar-refractivity contribution in [2.24, 2.45) is 5.73 Å². The summed E-state index contributed by atoms with van der Waals surface area (Å²) in [5, 5.41) is 10.2. The molecule has 0 saturated carbocycles. The summed E-state index contributed by atoms with van der Waals surface area (Å²) >= 11 is 3.00. The smallest absolute Gasteiger partial charge is 0.416 e. The van der Waals surface area contributed by atoms with Gasteiger partial charge in [-0.25, -0.2) is 22.8 Å². The normalized spacial score (nSPS) is 15.2. The van der Waals surface area contributed by atoms with Gasteiger partial charge in [-0.05, 0) is 29.8 Å². The number of nitrogens with two attached hydrogens (primary N) is 1. The number of halogens is 7. The van der Waals surface area contributed by atoms with Crippen molar-refractivity contribution >= 4 is 33.6 Å². The van der Waals surface area contributed by atoms with E-state index in [0.29, 0.717) is 10.5 Å². The lowest BCUT2D eigenvalue weighted by molar-refractivity contribution is -0.139. The molecule has 4 rings (SSSR count). The maximum Gasteiger partial charge on any atom is 0.416 e. The number of nitrogens with zero attached hydrogens (tertiary/aromatic N) is 2. The predicted molar refractivity (Wildman–Crippen MR) is 145 cm³/mol. The highest BCUT2D eigenvalue weighted by Crippen LogP contribution is 2.48. The molecule has 0 bridgehead atoms. The number of ether oxygens (including phenoxy) is 3. The molecule has 8 nitrogen and oxygen atoms in total. The molecule has 1 heterocycles. The highest BCUT2D eigenvalue weighted by atomic mass is 79.9. The van der Waals surface area contributed by atoms with E-state index in [2.05, 4.69) is 15.9 Å². The van der Waals surface area contributed by atoms with E-state index < -0.39 is 81.3 Å². The van der Waals surface area contributed by atoms with E-state index >= 15 is 4.39 Å². The van der Waals surface area contributed by atoms with Crippen LogP contribution in [-0.4, -0.2) is 26.2 Å². The molecule has 2 N–H and O–H groups in total. The Morgan fingerprint density at radius 3 is 2.07 bits per heavy atom. The van der Waals surface area contributed by atoms with Crippen molar-refractivity contribution < 1.29 is 50.1 Å². The average molecular weight is 682 g/mol. The summed E-state index contributed by atoms with van der Waals surface area (Å²) in [7, 11) is 1.91. The number of carbonyl (C=O) groups excluding carboxylic acids is 2. The third-order valence-electron chi connectivity index (χ3n) is 6.36. The fourth-order valence-corrected chi connectivity index (χ4v) is 4.92. The highest BCUT2D eigenvalue weighted by Gasteiger charge is 2.44. The first-order chi connectivity index (χ1) is 20.7. The van der Waals surface area contributed by atoms with Gasteiger partial charge in [-0.15, -0.1) is 0 Å². The van der Waals surface area contributed by atoms with Crippen molar-refractivity contribution in [3.63, 3.8) is 0 Å². The summed E-state index contributed by atoms with van der Waals surface area (Å²) in [5.74, 6) is -11.4. The van der Waals surface area contributed by atoms with Gasteiger partial charge in [0.25, 0.3) is 0 Å². The molecular weight excluding hydrogens is 664 g/mol. The van der Waals surface area contributed by atoms with Crippen molar-refractivity contribution in [3.05, 3.63) is 110 Å². The van der Waals surface area contributed by atoms with E-state index in [0.717, 1.165) is 26.4 Å². The molecule has 3 aromatic carbocycles. The number of hydrogen-bond acceptors (Lipinski definition) is 8. The van der Waals surface area contributed by atoms with Crippen LogP contribution in [0.2, 0.25) is 0 Å². The Balaban J connectivity index is 2.06. The first-order valence-corrected chi connectivity index (χ1v) is 12.9. The number of allylic oxidation sites excluding steroid dienone is 1. The van der Waals surface area contributed by atoms with Gasteiger partial charge in [0, 0.05) is 4.47 Å². The van der Waals surface area contributed by atoms with E-state index in [1.807, 2.05) is 6.07 Å². The minimum Gasteiger partial charge on any atom is -0.466 e. The lowest BCUT2D eigenvalue weighted by Gasteiger charge is -2.36. The molecule has 1 unspecified atom stereocenters. The second-order valence-electron chi connectivity index (χ2n) is 8.94. The van der Waals surface area contributed by atoms with Crippen LogP contribution in [0.15, 0.2) is 81.7 Å². The number of rotatable bonds is 6. The van der Waals surface area contributed by atoms with Crippen LogP contribution in [0.3, 0.4) is 0 Å². The maximum atomic E-state index is 15.9. The fourth-order valence-electron chi connectivity index (χ4n) is 4.51. The molecule has 0 amide bonds. The molecule has 0 aromatic heterocycles. The predicted octanol–water partition coefficient (Wildman–Crippen LogP) is 6.58. The molecule has 3 aromatic rings. The van der Waals surface area contributed by atoms with Crippen LogP contribution in [0.25, 0.3) is 0 Å². The molecule has 0 radical (unpaired) electrons. The third-order valence-corrected chi connectivity index (χ3v) is 6.82. The second kappa shape index (κ2) is 12.3. The summed E-state index contributed by atoms with van der Waals surface area (Å²) in [6.07, 6.45) is -5.10. The van der Waals surface area contributed by atoms with Gasteiger partial charge in [0.15, 0.2) is 29.0 Å². The minimum atomic E-state index is -5.10. The van der Waals surface area contributed by atoms with Gasteiger partial charge >= 0.3 is 18.1 Å². The molecule has 0 aliphatic carbocycles. The Bertz CT molecular complexity index is 1750. The summed E-state index contributed by atoms with van der Waals surface area (Å²) in [6, 6.07) is 11.4. The highest BCUT2D eigenvalue weighted by molar-refractivity contribution is 9.10. The van der Waals surface area contributed by atoms with Crippen molar-refractivity contribution in [3.8, 4) is 17.6 Å². The van der Waals surface area contributed by atoms with Gasteiger partial charge in [-0.3, -0.25) is 4.90 Å². The molecule has 1 atom stereocenters. The summed E-state index contributed by atoms with van der Waals surface area (Å²) in [4.78, 5) is 27.1. The van der Waals surface area contributed by atoms with Crippen LogP contribution in [0.1, 0.15) is 17.0 Å². The van der Waals surface area contributed by atoms with Gasteiger partial charge in [-0.1, -0.05) is 46.3 Å². The van der Waals surface area contributed by atoms with Gasteiger partial charge in [0.05, 0.1) is 42.9 Å². The zero-order chi connectivity index (χ0) is 32.5. The lowest BCUT2D eigenvalue weighted by atomic mass is 9.81. The molecular formula is C29H18BrF6N3O5. The number of benzene rings is 3. The van der Waals surface area contributed by atoms with E-state index in [-0.39, 0.29) is 22.2 Å². The van der Waals surface area contributed by atoms with E-state index in [9.17, 15) is 36.8 Å². The lowest BCUT2D eigenvalue weighted by Crippen LogP contribution is -2.41. The van der Waals surface area contributed by atoms with Crippen LogP contribution in [0.5, 0.6) is 11.5 Å². The maximum absolute atomic E-state index is 15.9. The molecule has 228 valence electrons. The molecule has 15 heteroatoms. The van der Waals surface area contributed by atoms with Crippen molar-refractivity contribution in [1.82, 2.24) is 0 Å². The molecule has 0 spiro atoms. The van der Waals surface area contributed by atoms with Gasteiger partial charge in [0.2, 0.25) is 0 Å². The number of nitriles is 1. The Labute approximate surface area is 253 Å². The Morgan fingerprint density at radius 1 is 0.955 bits per heavy atom. The number of esters is 2. The first-order valence-electron chi connectivity index (χ1n) is 12.1. The Hall–Kier alpha value is -4.97. The number of carbonyl (C=O) groups is 2. The number of hydrogen-bond donors (Lipinski definition) is 1. The zero-order valence-corrected chi connectivity index (χ0v) is 24.0. The Kier molecular flexibility index (Phi) is 8.96. The molecule has 44 heavy (non-hydrogen) atoms. The zero-order valence-electron chi connectivity index (χ0n) is 22.4. The number of anilines is 1. The Morgan fingerprint density at radius 2 is 1.55 bits per heavy atom. The topological polar surface area (TPSA) is 115 Å². The van der Waals surface area contributed by atoms with Gasteiger partial charge in [0.1, 0.15) is 17.2 Å². The van der Waals surface area contributed by atoms with E-state index in [1.165, 1.54) is 12.1 Å². The quantitative estimate of drug-likeness (QED) is 0.229. The monoisotopic (exact) mass is 681 g/mol. The van der Waals surface area contributed by atoms with E-state index in [4.69, 9.17) is 19.9 Å². The molecule has 0 saturated heterocycles. The number of methoxy groups -OCH3 is 2. The van der Waals surface area contributed by atoms with Gasteiger partial charge < -0.3 is 19.9 Å². The van der Waals surface area contributed by atoms with Crippen LogP contribution in [-0.2, 0) is 25.2 Å². The van der Waals surface area contributed by atoms with Gasteiger partial charge in [-0.2, -0.15) is 18.4 Å². The molecule has 1 aliphatic rings. The van der Waals surface area contributed by atoms with Crippen LogP contribution in [0, 0.1) is 28.8 Å². The SMILES string of the molecule is COC(=O)C1=C(C(=O)OC)N(c2c(F)cc(Br)cc2Oc2c(F)cc(C(F)(F)F)cc2F)C(N)=C(C#N)C1c1ccccc1. The fraction of sp³-hybridized carbons (Fsp3) is 0.138. The van der Waals surface area contributed by atoms with Crippen LogP contribution in [0.4, 0.5) is 32.0 Å². The summed E-state index contributed by atoms with van der Waals surface area (Å²) in [6.45, 7) is 0. The number of alkyl halides is 3. The largest absolute Gasteiger partial charge is 0.466 e. The second-order valence-corrected chi connectivity index (χ2v) is 9.85. The van der Waals surface area contributed by atoms with Crippen molar-refractivity contribution in [2.45, 2.75) is 12.1 Å². The standard InChI is InChI=1S/C29H18BrF6N3O5/c1-42-27(40)22-21(13-6-4-3-5-7-13)16(12-37)26(38)39(24(22)28(41)43-2)23-17(31)10-15(30)11-20(23)44-25-18(32)8-14(9-19(25)33)29(34,35)36/h3-11,21H,38H2,1-2H3. The van der Waals surface area contributed by atoms with Crippen LogP contribution < -0.4 is 15.4 Å². The summed E-state index contributed by atoms with van der Waals surface area (Å²) in [5.41, 5.74) is 2.51. The van der Waals surface area contributed by atoms with Crippen molar-refractivity contribution in [2.75, 3.05) is 19.1 Å².